The van der Waals surface area contributed by atoms with Crippen LogP contribution in [0.25, 0.3) is 0 Å². The number of nitrogens with one attached hydrogen (secondary N) is 1. The summed E-state index contributed by atoms with van der Waals surface area (Å²) < 4.78 is 0. The van der Waals surface area contributed by atoms with E-state index in [1.165, 1.54) is 12.1 Å². The van der Waals surface area contributed by atoms with E-state index in [1.54, 1.807) is 6.21 Å². The van der Waals surface area contributed by atoms with Crippen molar-refractivity contribution in [2.45, 2.75) is 12.8 Å². The van der Waals surface area contributed by atoms with Crippen LogP contribution < -0.4 is 5.43 Å². The van der Waals surface area contributed by atoms with E-state index in [0.717, 1.165) is 18.9 Å². The summed E-state index contributed by atoms with van der Waals surface area (Å²) in [5.41, 5.74) is 2.09. The molecule has 0 spiro atoms. The zero-order chi connectivity index (χ0) is 15.7. The minimum atomic E-state index is -0.665. The summed E-state index contributed by atoms with van der Waals surface area (Å²) in [6.45, 7) is 0. The molecule has 8 nitrogen and oxygen atoms in total. The number of anilines is 1. The molecule has 8 heteroatoms. The molecule has 2 aliphatic carbocycles. The smallest absolute Gasteiger partial charge is 0.272 e. The van der Waals surface area contributed by atoms with Gasteiger partial charge in [0.1, 0.15) is 5.69 Å². The van der Waals surface area contributed by atoms with E-state index in [4.69, 9.17) is 0 Å². The molecular formula is C14H14N4O4. The van der Waals surface area contributed by atoms with Crippen LogP contribution in [0.2, 0.25) is 0 Å². The first-order chi connectivity index (χ1) is 10.5. The molecule has 3 unspecified atom stereocenters. The Hall–Kier alpha value is -2.77. The summed E-state index contributed by atoms with van der Waals surface area (Å²) in [6, 6.07) is 3.44. The Labute approximate surface area is 125 Å². The Morgan fingerprint density at radius 3 is 2.59 bits per heavy atom. The highest BCUT2D eigenvalue weighted by molar-refractivity contribution is 5.69. The predicted octanol–water partition coefficient (Wildman–Crippen LogP) is 3.11. The van der Waals surface area contributed by atoms with Crippen LogP contribution >= 0.6 is 0 Å². The summed E-state index contributed by atoms with van der Waals surface area (Å²) in [6.07, 6.45) is 8.39. The average molecular weight is 302 g/mol. The van der Waals surface area contributed by atoms with Crippen molar-refractivity contribution in [1.82, 2.24) is 0 Å². The molecule has 0 heterocycles. The summed E-state index contributed by atoms with van der Waals surface area (Å²) >= 11 is 0. The molecule has 0 aliphatic heterocycles. The fourth-order valence-electron chi connectivity index (χ4n) is 3.08. The van der Waals surface area contributed by atoms with E-state index in [0.29, 0.717) is 17.8 Å². The number of non-ortho nitro benzene ring substituents is 1. The molecule has 3 rings (SSSR count). The van der Waals surface area contributed by atoms with Gasteiger partial charge in [-0.1, -0.05) is 12.2 Å². The lowest BCUT2D eigenvalue weighted by molar-refractivity contribution is -0.393. The zero-order valence-corrected chi connectivity index (χ0v) is 11.6. The third kappa shape index (κ3) is 2.67. The normalized spacial score (nSPS) is 25.7. The fraction of sp³-hybridized carbons (Fsp3) is 0.357. The molecule has 1 aromatic rings. The van der Waals surface area contributed by atoms with Crippen molar-refractivity contribution in [3.8, 4) is 0 Å². The van der Waals surface area contributed by atoms with Gasteiger partial charge in [0.05, 0.1) is 15.9 Å². The highest BCUT2D eigenvalue weighted by atomic mass is 16.6. The van der Waals surface area contributed by atoms with Gasteiger partial charge in [0.2, 0.25) is 0 Å². The zero-order valence-electron chi connectivity index (χ0n) is 11.6. The molecule has 1 aromatic carbocycles. The summed E-state index contributed by atoms with van der Waals surface area (Å²) in [5, 5.41) is 25.8. The maximum Gasteiger partial charge on any atom is 0.301 e. The van der Waals surface area contributed by atoms with E-state index in [1.807, 2.05) is 0 Å². The van der Waals surface area contributed by atoms with Crippen LogP contribution in [-0.2, 0) is 0 Å². The van der Waals surface area contributed by atoms with Crippen molar-refractivity contribution in [1.29, 1.82) is 0 Å². The Morgan fingerprint density at radius 1 is 1.18 bits per heavy atom. The highest BCUT2D eigenvalue weighted by Gasteiger charge is 2.34. The number of nitro groups is 2. The first-order valence-corrected chi connectivity index (χ1v) is 6.95. The molecule has 1 N–H and O–H groups in total. The number of fused-ring (bicyclic) bond motifs is 2. The van der Waals surface area contributed by atoms with Gasteiger partial charge in [-0.3, -0.25) is 25.7 Å². The van der Waals surface area contributed by atoms with Gasteiger partial charge in [-0.2, -0.15) is 5.10 Å². The number of nitrogens with zero attached hydrogens (tertiary/aromatic N) is 3. The molecule has 2 aliphatic rings. The second kappa shape index (κ2) is 5.55. The Morgan fingerprint density at radius 2 is 2.00 bits per heavy atom. The maximum atomic E-state index is 11.0. The molecule has 1 saturated carbocycles. The van der Waals surface area contributed by atoms with Crippen LogP contribution in [0.15, 0.2) is 35.5 Å². The van der Waals surface area contributed by atoms with Gasteiger partial charge in [-0.05, 0) is 30.7 Å². The maximum absolute atomic E-state index is 11.0. The van der Waals surface area contributed by atoms with Crippen LogP contribution in [0.4, 0.5) is 17.1 Å². The lowest BCUT2D eigenvalue weighted by Gasteiger charge is -2.12. The van der Waals surface area contributed by atoms with Gasteiger partial charge < -0.3 is 0 Å². The quantitative estimate of drug-likeness (QED) is 0.389. The molecule has 1 fully saturated rings. The minimum absolute atomic E-state index is 0.144. The Kier molecular flexibility index (Phi) is 3.58. The monoisotopic (exact) mass is 302 g/mol. The number of nitro benzene ring substituents is 2. The van der Waals surface area contributed by atoms with Gasteiger partial charge in [-0.25, -0.2) is 0 Å². The topological polar surface area (TPSA) is 111 Å². The van der Waals surface area contributed by atoms with Gasteiger partial charge in [-0.15, -0.1) is 0 Å². The van der Waals surface area contributed by atoms with Crippen LogP contribution in [0, 0.1) is 38.0 Å². The van der Waals surface area contributed by atoms with Gasteiger partial charge in [0.15, 0.2) is 0 Å². The lowest BCUT2D eigenvalue weighted by atomic mass is 9.95. The Bertz CT molecular complexity index is 685. The number of hydrazone groups is 1. The van der Waals surface area contributed by atoms with Gasteiger partial charge >= 0.3 is 5.69 Å². The van der Waals surface area contributed by atoms with Gasteiger partial charge in [0, 0.05) is 18.2 Å². The van der Waals surface area contributed by atoms with Crippen molar-refractivity contribution in [3.63, 3.8) is 0 Å². The minimum Gasteiger partial charge on any atom is -0.272 e. The van der Waals surface area contributed by atoms with Crippen LogP contribution in [0.1, 0.15) is 12.8 Å². The summed E-state index contributed by atoms with van der Waals surface area (Å²) in [7, 11) is 0. The standard InChI is InChI=1S/C14H14N4O4/c19-17(20)12-3-4-13(14(7-12)18(21)22)16-15-8-11-6-9-1-2-10(11)5-9/h1-4,7-11,16H,5-6H2/b15-8+. The van der Waals surface area contributed by atoms with Crippen molar-refractivity contribution >= 4 is 23.3 Å². The number of rotatable bonds is 5. The van der Waals surface area contributed by atoms with E-state index in [2.05, 4.69) is 22.7 Å². The number of benzene rings is 1. The molecule has 0 saturated heterocycles. The van der Waals surface area contributed by atoms with Crippen molar-refractivity contribution in [3.05, 3.63) is 50.6 Å². The number of allylic oxidation sites excluding steroid dienone is 2. The average Bonchev–Trinajstić information content (AvgIpc) is 3.09. The molecule has 114 valence electrons. The molecule has 3 atom stereocenters. The third-order valence-corrected chi connectivity index (χ3v) is 4.17. The second-order valence-corrected chi connectivity index (χ2v) is 5.55. The lowest BCUT2D eigenvalue weighted by Crippen LogP contribution is -2.09. The van der Waals surface area contributed by atoms with Crippen molar-refractivity contribution < 1.29 is 9.85 Å². The molecule has 0 radical (unpaired) electrons. The molecule has 0 aromatic heterocycles. The van der Waals surface area contributed by atoms with Crippen LogP contribution in [-0.4, -0.2) is 16.1 Å². The number of hydrogen-bond acceptors (Lipinski definition) is 6. The molecule has 0 amide bonds. The fourth-order valence-corrected chi connectivity index (χ4v) is 3.08. The first-order valence-electron chi connectivity index (χ1n) is 6.95. The van der Waals surface area contributed by atoms with Gasteiger partial charge in [0.25, 0.3) is 5.69 Å². The predicted molar refractivity (Wildman–Crippen MR) is 80.7 cm³/mol. The largest absolute Gasteiger partial charge is 0.301 e. The molecule has 2 bridgehead atoms. The van der Waals surface area contributed by atoms with Crippen LogP contribution in [0.3, 0.4) is 0 Å². The highest BCUT2D eigenvalue weighted by Crippen LogP contribution is 2.42. The Balaban J connectivity index is 1.73. The van der Waals surface area contributed by atoms with Crippen molar-refractivity contribution in [2.24, 2.45) is 22.9 Å². The summed E-state index contributed by atoms with van der Waals surface area (Å²) in [5.74, 6) is 1.47. The van der Waals surface area contributed by atoms with E-state index >= 15 is 0 Å². The SMILES string of the molecule is O=[N+]([O-])c1ccc(N/N=C/C2CC3C=CC2C3)c([N+](=O)[O-])c1. The van der Waals surface area contributed by atoms with Crippen molar-refractivity contribution in [2.75, 3.05) is 5.43 Å². The summed E-state index contributed by atoms with van der Waals surface area (Å²) in [4.78, 5) is 20.4. The third-order valence-electron chi connectivity index (χ3n) is 4.17. The molecular weight excluding hydrogens is 288 g/mol. The van der Waals surface area contributed by atoms with E-state index in [9.17, 15) is 20.2 Å². The second-order valence-electron chi connectivity index (χ2n) is 5.55. The van der Waals surface area contributed by atoms with E-state index in [-0.39, 0.29) is 17.1 Å². The van der Waals surface area contributed by atoms with Crippen LogP contribution in [0.5, 0.6) is 0 Å². The first kappa shape index (κ1) is 14.2. The number of hydrogen-bond donors (Lipinski definition) is 1. The van der Waals surface area contributed by atoms with E-state index < -0.39 is 9.85 Å². The molecule has 22 heavy (non-hydrogen) atoms.